The molecule has 0 radical (unpaired) electrons. The fourth-order valence-corrected chi connectivity index (χ4v) is 5.11. The Labute approximate surface area is 257 Å². The second-order valence-electron chi connectivity index (χ2n) is 9.32. The lowest BCUT2D eigenvalue weighted by molar-refractivity contribution is -0.111. The third-order valence-electron chi connectivity index (χ3n) is 6.46. The van der Waals surface area contributed by atoms with Crippen LogP contribution in [-0.4, -0.2) is 49.5 Å². The predicted octanol–water partition coefficient (Wildman–Crippen LogP) is 6.18. The van der Waals surface area contributed by atoms with Crippen LogP contribution in [0.5, 0.6) is 23.0 Å². The summed E-state index contributed by atoms with van der Waals surface area (Å²) in [5, 5.41) is 10.7. The van der Waals surface area contributed by atoms with Gasteiger partial charge in [-0.05, 0) is 48.4 Å². The van der Waals surface area contributed by atoms with Crippen LogP contribution in [0.3, 0.4) is 0 Å². The van der Waals surface area contributed by atoms with Gasteiger partial charge in [-0.15, -0.1) is 0 Å². The van der Waals surface area contributed by atoms with Gasteiger partial charge in [0, 0.05) is 35.1 Å². The number of hydrogen-bond donors (Lipinski definition) is 3. The first-order chi connectivity index (χ1) is 21.3. The van der Waals surface area contributed by atoms with Gasteiger partial charge in [0.25, 0.3) is 5.89 Å². The maximum Gasteiger partial charge on any atom is 0.272 e. The lowest BCUT2D eigenvalue weighted by Crippen LogP contribution is -2.08. The predicted molar refractivity (Wildman–Crippen MR) is 170 cm³/mol. The van der Waals surface area contributed by atoms with Crippen molar-refractivity contribution in [2.24, 2.45) is 0 Å². The molecule has 5 rings (SSSR count). The van der Waals surface area contributed by atoms with E-state index in [1.165, 1.54) is 24.5 Å². The van der Waals surface area contributed by atoms with Crippen molar-refractivity contribution in [2.75, 3.05) is 44.8 Å². The lowest BCUT2D eigenvalue weighted by atomic mass is 10.1. The van der Waals surface area contributed by atoms with E-state index < -0.39 is 0 Å². The normalized spacial score (nSPS) is 10.9. The van der Waals surface area contributed by atoms with Crippen molar-refractivity contribution in [3.63, 3.8) is 0 Å². The molecule has 0 saturated heterocycles. The number of carbonyl (C=O) groups excluding carboxylic acids is 1. The molecule has 0 saturated carbocycles. The van der Waals surface area contributed by atoms with Crippen LogP contribution < -0.4 is 35.3 Å². The largest absolute Gasteiger partial charge is 0.497 e. The van der Waals surface area contributed by atoms with Crippen LogP contribution in [0, 0.1) is 6.92 Å². The molecule has 0 spiro atoms. The summed E-state index contributed by atoms with van der Waals surface area (Å²) in [6.07, 6.45) is 3.17. The monoisotopic (exact) mass is 614 g/mol. The standard InChI is InChI=1S/C31H30N6O6S/c1-17-9-11-19(33-25(38)12-10-18-7-6-8-21(13-18)39-2)14-22(17)29-36-30(43-37-29)27-28(32)35-31(44-27)34-20-15-23(40-3)26(42-5)24(16-20)41-4/h6-16H,32H2,1-5H3,(H,33,38)(H,34,35)/b12-10+. The number of methoxy groups -OCH3 is 4. The number of aryl methyl sites for hydroxylation is 1. The molecule has 12 nitrogen and oxygen atoms in total. The maximum atomic E-state index is 12.6. The number of benzene rings is 3. The van der Waals surface area contributed by atoms with Gasteiger partial charge in [0.2, 0.25) is 17.5 Å². The second kappa shape index (κ2) is 13.2. The Kier molecular flexibility index (Phi) is 8.95. The molecule has 226 valence electrons. The van der Waals surface area contributed by atoms with E-state index in [2.05, 4.69) is 25.8 Å². The number of rotatable bonds is 11. The van der Waals surface area contributed by atoms with E-state index in [0.29, 0.717) is 55.8 Å². The molecule has 2 heterocycles. The summed E-state index contributed by atoms with van der Waals surface area (Å²) in [6, 6.07) is 16.4. The zero-order valence-corrected chi connectivity index (χ0v) is 25.4. The smallest absolute Gasteiger partial charge is 0.272 e. The zero-order chi connectivity index (χ0) is 31.2. The molecule has 13 heteroatoms. The average Bonchev–Trinajstić information content (AvgIpc) is 3.66. The van der Waals surface area contributed by atoms with Crippen LogP contribution in [0.2, 0.25) is 0 Å². The van der Waals surface area contributed by atoms with Gasteiger partial charge in [0.15, 0.2) is 16.6 Å². The quantitative estimate of drug-likeness (QED) is 0.146. The molecular formula is C31H30N6O6S. The number of nitrogens with two attached hydrogens (primary N) is 1. The molecule has 3 aromatic carbocycles. The van der Waals surface area contributed by atoms with E-state index >= 15 is 0 Å². The molecule has 0 fully saturated rings. The van der Waals surface area contributed by atoms with Crippen molar-refractivity contribution in [1.29, 1.82) is 0 Å². The molecular weight excluding hydrogens is 584 g/mol. The number of thiazole rings is 1. The van der Waals surface area contributed by atoms with Crippen LogP contribution in [0.1, 0.15) is 11.1 Å². The Bertz CT molecular complexity index is 1810. The third kappa shape index (κ3) is 6.57. The van der Waals surface area contributed by atoms with E-state index in [1.54, 1.807) is 51.7 Å². The Balaban J connectivity index is 1.33. The highest BCUT2D eigenvalue weighted by Gasteiger charge is 2.20. The molecule has 0 aliphatic carbocycles. The summed E-state index contributed by atoms with van der Waals surface area (Å²) in [5.41, 5.74) is 9.88. The number of anilines is 4. The molecule has 5 aromatic rings. The molecule has 0 bridgehead atoms. The van der Waals surface area contributed by atoms with E-state index in [-0.39, 0.29) is 17.6 Å². The Morgan fingerprint density at radius 2 is 1.70 bits per heavy atom. The summed E-state index contributed by atoms with van der Waals surface area (Å²) in [7, 11) is 6.22. The topological polar surface area (TPSA) is 156 Å². The molecule has 0 atom stereocenters. The van der Waals surface area contributed by atoms with Crippen LogP contribution in [-0.2, 0) is 4.79 Å². The summed E-state index contributed by atoms with van der Waals surface area (Å²) in [5.74, 6) is 2.64. The van der Waals surface area contributed by atoms with E-state index in [4.69, 9.17) is 29.2 Å². The van der Waals surface area contributed by atoms with Crippen molar-refractivity contribution in [3.8, 4) is 45.2 Å². The number of carbonyl (C=O) groups is 1. The van der Waals surface area contributed by atoms with Crippen LogP contribution in [0.25, 0.3) is 28.2 Å². The van der Waals surface area contributed by atoms with Crippen molar-refractivity contribution >= 4 is 45.6 Å². The van der Waals surface area contributed by atoms with Crippen molar-refractivity contribution in [1.82, 2.24) is 15.1 Å². The van der Waals surface area contributed by atoms with Crippen molar-refractivity contribution in [3.05, 3.63) is 71.8 Å². The SMILES string of the molecule is COc1cccc(/C=C/C(=O)Nc2ccc(C)c(-c3noc(-c4sc(Nc5cc(OC)c(OC)c(OC)c5)nc4N)n3)c2)c1. The summed E-state index contributed by atoms with van der Waals surface area (Å²) in [6.45, 7) is 1.92. The van der Waals surface area contributed by atoms with E-state index in [1.807, 2.05) is 37.3 Å². The second-order valence-corrected chi connectivity index (χ2v) is 10.3. The first-order valence-corrected chi connectivity index (χ1v) is 14.0. The molecule has 2 aromatic heterocycles. The minimum absolute atomic E-state index is 0.211. The van der Waals surface area contributed by atoms with Gasteiger partial charge in [-0.2, -0.15) is 4.98 Å². The molecule has 4 N–H and O–H groups in total. The minimum atomic E-state index is -0.291. The highest BCUT2D eigenvalue weighted by molar-refractivity contribution is 7.19. The van der Waals surface area contributed by atoms with Crippen LogP contribution in [0.4, 0.5) is 22.3 Å². The highest BCUT2D eigenvalue weighted by atomic mass is 32.1. The fourth-order valence-electron chi connectivity index (χ4n) is 4.28. The van der Waals surface area contributed by atoms with Gasteiger partial charge in [0.1, 0.15) is 16.4 Å². The molecule has 0 unspecified atom stereocenters. The van der Waals surface area contributed by atoms with Gasteiger partial charge < -0.3 is 39.8 Å². The number of nitrogens with zero attached hydrogens (tertiary/aromatic N) is 3. The average molecular weight is 615 g/mol. The summed E-state index contributed by atoms with van der Waals surface area (Å²) in [4.78, 5) is 22.1. The fraction of sp³-hybridized carbons (Fsp3) is 0.161. The molecule has 0 aliphatic heterocycles. The minimum Gasteiger partial charge on any atom is -0.497 e. The molecule has 0 aliphatic rings. The van der Waals surface area contributed by atoms with Crippen LogP contribution >= 0.6 is 11.3 Å². The number of hydrogen-bond acceptors (Lipinski definition) is 12. The van der Waals surface area contributed by atoms with Gasteiger partial charge in [-0.1, -0.05) is 34.7 Å². The molecule has 44 heavy (non-hydrogen) atoms. The maximum absolute atomic E-state index is 12.6. The van der Waals surface area contributed by atoms with Gasteiger partial charge in [-0.25, -0.2) is 4.98 Å². The van der Waals surface area contributed by atoms with E-state index in [0.717, 1.165) is 11.1 Å². The third-order valence-corrected chi connectivity index (χ3v) is 7.43. The Hall–Kier alpha value is -5.56. The summed E-state index contributed by atoms with van der Waals surface area (Å²) < 4.78 is 27.0. The van der Waals surface area contributed by atoms with Gasteiger partial charge >= 0.3 is 0 Å². The number of nitrogens with one attached hydrogen (secondary N) is 2. The number of amides is 1. The lowest BCUT2D eigenvalue weighted by Gasteiger charge is -2.14. The zero-order valence-electron chi connectivity index (χ0n) is 24.6. The van der Waals surface area contributed by atoms with Crippen molar-refractivity contribution in [2.45, 2.75) is 6.92 Å². The number of aromatic nitrogens is 3. The van der Waals surface area contributed by atoms with Gasteiger partial charge in [0.05, 0.1) is 28.4 Å². The first kappa shape index (κ1) is 29.9. The molecule has 1 amide bonds. The number of ether oxygens (including phenoxy) is 4. The van der Waals surface area contributed by atoms with Gasteiger partial charge in [-0.3, -0.25) is 4.79 Å². The van der Waals surface area contributed by atoms with Crippen LogP contribution in [0.15, 0.2) is 65.2 Å². The Morgan fingerprint density at radius 1 is 0.932 bits per heavy atom. The number of nitrogen functional groups attached to an aromatic ring is 1. The van der Waals surface area contributed by atoms with Crippen molar-refractivity contribution < 1.29 is 28.3 Å². The Morgan fingerprint density at radius 3 is 2.41 bits per heavy atom. The summed E-state index contributed by atoms with van der Waals surface area (Å²) >= 11 is 1.25. The first-order valence-electron chi connectivity index (χ1n) is 13.2. The van der Waals surface area contributed by atoms with E-state index in [9.17, 15) is 4.79 Å². The highest BCUT2D eigenvalue weighted by Crippen LogP contribution is 2.42.